The van der Waals surface area contributed by atoms with Crippen LogP contribution in [-0.2, 0) is 16.0 Å². The van der Waals surface area contributed by atoms with Crippen molar-refractivity contribution in [3.8, 4) is 0 Å². The molecule has 2 aliphatic rings. The molecule has 2 heterocycles. The lowest BCUT2D eigenvalue weighted by Crippen LogP contribution is -2.56. The van der Waals surface area contributed by atoms with E-state index in [-0.39, 0.29) is 19.3 Å². The van der Waals surface area contributed by atoms with Gasteiger partial charge in [0.15, 0.2) is 0 Å². The zero-order chi connectivity index (χ0) is 19.8. The van der Waals surface area contributed by atoms with Crippen molar-refractivity contribution < 1.29 is 19.4 Å². The molecule has 0 unspecified atom stereocenters. The molecule has 148 valence electrons. The van der Waals surface area contributed by atoms with Crippen LogP contribution in [0.2, 0.25) is 0 Å². The minimum absolute atomic E-state index is 0.00749. The molecule has 2 aliphatic heterocycles. The largest absolute Gasteiger partial charge is 0.444 e. The first kappa shape index (κ1) is 18.0. The number of aliphatic hydroxyl groups excluding tert-OH is 1. The quantitative estimate of drug-likeness (QED) is 0.715. The van der Waals surface area contributed by atoms with Crippen molar-refractivity contribution in [2.75, 3.05) is 18.5 Å². The molecule has 3 atom stereocenters. The molecule has 0 saturated carbocycles. The molecule has 6 heteroatoms. The van der Waals surface area contributed by atoms with Gasteiger partial charge in [0.25, 0.3) is 0 Å². The SMILES string of the molecule is O=C1OC[C@]2(OC[C@H](Nc3ccccc3)[C@H]2O)N1Cc1ccc2ccccc2c1. The van der Waals surface area contributed by atoms with Gasteiger partial charge in [-0.15, -0.1) is 0 Å². The third-order valence-electron chi connectivity index (χ3n) is 5.72. The molecule has 3 aromatic rings. The van der Waals surface area contributed by atoms with Crippen LogP contribution >= 0.6 is 0 Å². The van der Waals surface area contributed by atoms with Crippen LogP contribution in [0, 0.1) is 0 Å². The summed E-state index contributed by atoms with van der Waals surface area (Å²) in [5.74, 6) is 0. The summed E-state index contributed by atoms with van der Waals surface area (Å²) in [5, 5.41) is 16.6. The zero-order valence-corrected chi connectivity index (χ0v) is 15.8. The van der Waals surface area contributed by atoms with Crippen molar-refractivity contribution in [3.63, 3.8) is 0 Å². The lowest BCUT2D eigenvalue weighted by Gasteiger charge is -2.34. The van der Waals surface area contributed by atoms with Gasteiger partial charge >= 0.3 is 6.09 Å². The van der Waals surface area contributed by atoms with Gasteiger partial charge in [0.05, 0.1) is 19.2 Å². The minimum Gasteiger partial charge on any atom is -0.444 e. The second-order valence-electron chi connectivity index (χ2n) is 7.54. The Labute approximate surface area is 168 Å². The number of hydrogen-bond acceptors (Lipinski definition) is 5. The van der Waals surface area contributed by atoms with Gasteiger partial charge in [-0.2, -0.15) is 0 Å². The summed E-state index contributed by atoms with van der Waals surface area (Å²) < 4.78 is 11.3. The Morgan fingerprint density at radius 3 is 2.62 bits per heavy atom. The molecule has 3 aromatic carbocycles. The Bertz CT molecular complexity index is 1040. The monoisotopic (exact) mass is 390 g/mol. The summed E-state index contributed by atoms with van der Waals surface area (Å²) in [5.41, 5.74) is 0.663. The van der Waals surface area contributed by atoms with E-state index in [9.17, 15) is 9.90 Å². The van der Waals surface area contributed by atoms with E-state index < -0.39 is 17.9 Å². The number of amides is 1. The Morgan fingerprint density at radius 1 is 1.03 bits per heavy atom. The predicted octanol–water partition coefficient (Wildman–Crippen LogP) is 3.36. The number of anilines is 1. The van der Waals surface area contributed by atoms with Gasteiger partial charge in [-0.05, 0) is 34.5 Å². The molecule has 0 aliphatic carbocycles. The number of nitrogens with zero attached hydrogens (tertiary/aromatic N) is 1. The lowest BCUT2D eigenvalue weighted by atomic mass is 10.0. The van der Waals surface area contributed by atoms with Gasteiger partial charge in [0.1, 0.15) is 12.7 Å². The van der Waals surface area contributed by atoms with Crippen molar-refractivity contribution in [2.24, 2.45) is 0 Å². The second kappa shape index (κ2) is 7.06. The highest BCUT2D eigenvalue weighted by molar-refractivity contribution is 5.83. The van der Waals surface area contributed by atoms with Gasteiger partial charge in [0.2, 0.25) is 5.72 Å². The Hall–Kier alpha value is -3.09. The molecule has 2 fully saturated rings. The molecule has 0 radical (unpaired) electrons. The van der Waals surface area contributed by atoms with Gasteiger partial charge in [0, 0.05) is 5.69 Å². The molecule has 29 heavy (non-hydrogen) atoms. The van der Waals surface area contributed by atoms with Crippen LogP contribution in [0.3, 0.4) is 0 Å². The topological polar surface area (TPSA) is 71.0 Å². The fourth-order valence-electron chi connectivity index (χ4n) is 4.15. The van der Waals surface area contributed by atoms with Crippen LogP contribution in [0.25, 0.3) is 10.8 Å². The highest BCUT2D eigenvalue weighted by Crippen LogP contribution is 2.38. The summed E-state index contributed by atoms with van der Waals surface area (Å²) in [6.07, 6.45) is -1.40. The van der Waals surface area contributed by atoms with E-state index in [0.717, 1.165) is 22.0 Å². The van der Waals surface area contributed by atoms with Crippen LogP contribution < -0.4 is 5.32 Å². The molecule has 0 bridgehead atoms. The smallest absolute Gasteiger partial charge is 0.412 e. The van der Waals surface area contributed by atoms with E-state index >= 15 is 0 Å². The minimum atomic E-state index is -1.19. The summed E-state index contributed by atoms with van der Waals surface area (Å²) in [6.45, 7) is 0.591. The van der Waals surface area contributed by atoms with E-state index in [1.165, 1.54) is 4.90 Å². The lowest BCUT2D eigenvalue weighted by molar-refractivity contribution is -0.134. The normalized spacial score (nSPS) is 26.2. The summed E-state index contributed by atoms with van der Waals surface area (Å²) >= 11 is 0. The Morgan fingerprint density at radius 2 is 1.79 bits per heavy atom. The number of fused-ring (bicyclic) bond motifs is 1. The highest BCUT2D eigenvalue weighted by Gasteiger charge is 2.60. The molecule has 2 N–H and O–H groups in total. The van der Waals surface area contributed by atoms with E-state index in [1.54, 1.807) is 0 Å². The number of para-hydroxylation sites is 1. The van der Waals surface area contributed by atoms with Crippen molar-refractivity contribution in [2.45, 2.75) is 24.4 Å². The van der Waals surface area contributed by atoms with Crippen molar-refractivity contribution in [3.05, 3.63) is 78.4 Å². The number of nitrogens with one attached hydrogen (secondary N) is 1. The number of hydrogen-bond donors (Lipinski definition) is 2. The summed E-state index contributed by atoms with van der Waals surface area (Å²) in [4.78, 5) is 14.0. The fourth-order valence-corrected chi connectivity index (χ4v) is 4.15. The maximum atomic E-state index is 12.5. The van der Waals surface area contributed by atoms with Crippen molar-refractivity contribution in [1.29, 1.82) is 0 Å². The number of rotatable bonds is 4. The van der Waals surface area contributed by atoms with E-state index in [1.807, 2.05) is 60.7 Å². The number of cyclic esters (lactones) is 1. The van der Waals surface area contributed by atoms with Gasteiger partial charge in [-0.1, -0.05) is 54.6 Å². The van der Waals surface area contributed by atoms with Gasteiger partial charge in [-0.3, -0.25) is 4.90 Å². The van der Waals surface area contributed by atoms with Crippen LogP contribution in [0.4, 0.5) is 10.5 Å². The molecular formula is C23H22N2O4. The molecule has 1 spiro atoms. The predicted molar refractivity (Wildman–Crippen MR) is 109 cm³/mol. The molecule has 0 aromatic heterocycles. The number of benzene rings is 3. The zero-order valence-electron chi connectivity index (χ0n) is 15.8. The average Bonchev–Trinajstić information content (AvgIpc) is 3.24. The third-order valence-corrected chi connectivity index (χ3v) is 5.72. The average molecular weight is 390 g/mol. The van der Waals surface area contributed by atoms with Gasteiger partial charge < -0.3 is 19.9 Å². The number of carbonyl (C=O) groups excluding carboxylic acids is 1. The summed E-state index contributed by atoms with van der Waals surface area (Å²) in [6, 6.07) is 23.5. The maximum absolute atomic E-state index is 12.5. The third kappa shape index (κ3) is 3.10. The Balaban J connectivity index is 1.39. The van der Waals surface area contributed by atoms with E-state index in [0.29, 0.717) is 6.54 Å². The van der Waals surface area contributed by atoms with Gasteiger partial charge in [-0.25, -0.2) is 4.79 Å². The first-order valence-electron chi connectivity index (χ1n) is 9.71. The molecule has 6 nitrogen and oxygen atoms in total. The first-order valence-corrected chi connectivity index (χ1v) is 9.71. The van der Waals surface area contributed by atoms with Crippen molar-refractivity contribution >= 4 is 22.6 Å². The second-order valence-corrected chi connectivity index (χ2v) is 7.54. The maximum Gasteiger partial charge on any atom is 0.412 e. The van der Waals surface area contributed by atoms with Crippen LogP contribution in [0.15, 0.2) is 72.8 Å². The Kier molecular flexibility index (Phi) is 4.38. The molecule has 1 amide bonds. The van der Waals surface area contributed by atoms with Crippen LogP contribution in [0.1, 0.15) is 5.56 Å². The first-order chi connectivity index (χ1) is 14.2. The van der Waals surface area contributed by atoms with E-state index in [2.05, 4.69) is 17.4 Å². The number of ether oxygens (including phenoxy) is 2. The van der Waals surface area contributed by atoms with Crippen LogP contribution in [-0.4, -0.2) is 47.2 Å². The van der Waals surface area contributed by atoms with Crippen LogP contribution in [0.5, 0.6) is 0 Å². The molecule has 5 rings (SSSR count). The van der Waals surface area contributed by atoms with Crippen molar-refractivity contribution in [1.82, 2.24) is 4.90 Å². The standard InChI is InChI=1S/C23H22N2O4/c26-21-20(24-19-8-2-1-3-9-19)14-29-23(21)15-28-22(27)25(23)13-16-10-11-17-6-4-5-7-18(17)12-16/h1-12,20-21,24,26H,13-15H2/t20-,21+,23+/m0/s1. The summed E-state index contributed by atoms with van der Waals surface area (Å²) in [7, 11) is 0. The fraction of sp³-hybridized carbons (Fsp3) is 0.261. The molecular weight excluding hydrogens is 368 g/mol. The number of carbonyl (C=O) groups is 1. The number of aliphatic hydroxyl groups is 1. The molecule has 2 saturated heterocycles. The van der Waals surface area contributed by atoms with E-state index in [4.69, 9.17) is 9.47 Å². The highest BCUT2D eigenvalue weighted by atomic mass is 16.6.